The average molecular weight is 272 g/mol. The predicted molar refractivity (Wildman–Crippen MR) is 76.3 cm³/mol. The van der Waals surface area contributed by atoms with Crippen molar-refractivity contribution in [3.05, 3.63) is 46.0 Å². The molecule has 2 heterocycles. The van der Waals surface area contributed by atoms with E-state index in [-0.39, 0.29) is 0 Å². The van der Waals surface area contributed by atoms with Crippen LogP contribution in [0.15, 0.2) is 41.4 Å². The molecule has 18 heavy (non-hydrogen) atoms. The third kappa shape index (κ3) is 2.34. The standard InChI is InChI=1S/C12H8N4S2/c17-12-16-15-11(18-12)13-7-9-6-5-8-3-1-2-4-10(8)14-9/h1-7H,(H,16,17)/b13-7+. The Bertz CT molecular complexity index is 773. The van der Waals surface area contributed by atoms with Crippen LogP contribution in [0.1, 0.15) is 5.69 Å². The molecule has 1 N–H and O–H groups in total. The van der Waals surface area contributed by atoms with E-state index in [0.29, 0.717) is 9.09 Å². The van der Waals surface area contributed by atoms with E-state index in [0.717, 1.165) is 16.6 Å². The van der Waals surface area contributed by atoms with E-state index in [1.54, 1.807) is 6.21 Å². The first-order chi connectivity index (χ1) is 8.81. The number of aromatic amines is 1. The summed E-state index contributed by atoms with van der Waals surface area (Å²) in [7, 11) is 0. The van der Waals surface area contributed by atoms with Gasteiger partial charge in [-0.3, -0.25) is 5.10 Å². The number of fused-ring (bicyclic) bond motifs is 1. The van der Waals surface area contributed by atoms with Gasteiger partial charge in [0.1, 0.15) is 0 Å². The molecule has 1 aromatic carbocycles. The molecule has 0 aliphatic rings. The van der Waals surface area contributed by atoms with Gasteiger partial charge >= 0.3 is 0 Å². The zero-order chi connectivity index (χ0) is 12.4. The van der Waals surface area contributed by atoms with Gasteiger partial charge < -0.3 is 0 Å². The van der Waals surface area contributed by atoms with Crippen molar-refractivity contribution in [3.63, 3.8) is 0 Å². The first-order valence-corrected chi connectivity index (χ1v) is 6.49. The van der Waals surface area contributed by atoms with E-state index in [9.17, 15) is 0 Å². The smallest absolute Gasteiger partial charge is 0.230 e. The molecule has 0 fully saturated rings. The molecule has 88 valence electrons. The molecule has 0 atom stereocenters. The fraction of sp³-hybridized carbons (Fsp3) is 0. The summed E-state index contributed by atoms with van der Waals surface area (Å²) in [6.45, 7) is 0. The van der Waals surface area contributed by atoms with Crippen LogP contribution in [-0.2, 0) is 0 Å². The summed E-state index contributed by atoms with van der Waals surface area (Å²) in [5.74, 6) is 0. The fourth-order valence-electron chi connectivity index (χ4n) is 1.55. The van der Waals surface area contributed by atoms with Crippen molar-refractivity contribution < 1.29 is 0 Å². The Hall–Kier alpha value is -1.92. The molecule has 0 saturated carbocycles. The first-order valence-electron chi connectivity index (χ1n) is 5.27. The van der Waals surface area contributed by atoms with Gasteiger partial charge in [0.15, 0.2) is 3.95 Å². The molecular formula is C12H8N4S2. The van der Waals surface area contributed by atoms with Crippen molar-refractivity contribution in [2.75, 3.05) is 0 Å². The lowest BCUT2D eigenvalue weighted by atomic mass is 10.2. The molecule has 3 rings (SSSR count). The summed E-state index contributed by atoms with van der Waals surface area (Å²) in [6, 6.07) is 11.9. The monoisotopic (exact) mass is 272 g/mol. The van der Waals surface area contributed by atoms with Gasteiger partial charge in [-0.1, -0.05) is 35.6 Å². The number of pyridine rings is 1. The number of nitrogens with zero attached hydrogens (tertiary/aromatic N) is 3. The Morgan fingerprint density at radius 2 is 2.11 bits per heavy atom. The fourth-order valence-corrected chi connectivity index (χ4v) is 2.28. The third-order valence-electron chi connectivity index (χ3n) is 2.35. The lowest BCUT2D eigenvalue weighted by Crippen LogP contribution is -1.87. The Morgan fingerprint density at radius 3 is 2.94 bits per heavy atom. The van der Waals surface area contributed by atoms with Gasteiger partial charge in [-0.05, 0) is 24.4 Å². The van der Waals surface area contributed by atoms with E-state index in [1.807, 2.05) is 36.4 Å². The molecule has 0 aliphatic heterocycles. The third-order valence-corrected chi connectivity index (χ3v) is 3.35. The number of hydrogen-bond donors (Lipinski definition) is 1. The summed E-state index contributed by atoms with van der Waals surface area (Å²) < 4.78 is 0.619. The second-order valence-electron chi connectivity index (χ2n) is 3.58. The zero-order valence-electron chi connectivity index (χ0n) is 9.20. The van der Waals surface area contributed by atoms with Gasteiger partial charge in [0.2, 0.25) is 5.13 Å². The van der Waals surface area contributed by atoms with Crippen molar-refractivity contribution in [2.45, 2.75) is 0 Å². The second-order valence-corrected chi connectivity index (χ2v) is 5.23. The second kappa shape index (κ2) is 4.75. The molecule has 2 aromatic heterocycles. The number of hydrogen-bond acceptors (Lipinski definition) is 5. The number of rotatable bonds is 2. The van der Waals surface area contributed by atoms with Crippen molar-refractivity contribution in [1.82, 2.24) is 15.2 Å². The summed E-state index contributed by atoms with van der Waals surface area (Å²) in [4.78, 5) is 8.71. The average Bonchev–Trinajstić information content (AvgIpc) is 2.82. The van der Waals surface area contributed by atoms with Crippen LogP contribution in [0.2, 0.25) is 0 Å². The lowest BCUT2D eigenvalue weighted by molar-refractivity contribution is 1.07. The maximum Gasteiger partial charge on any atom is 0.230 e. The molecule has 0 unspecified atom stereocenters. The van der Waals surface area contributed by atoms with E-state index in [1.165, 1.54) is 11.3 Å². The number of nitrogens with one attached hydrogen (secondary N) is 1. The first kappa shape index (κ1) is 11.2. The van der Waals surface area contributed by atoms with Crippen LogP contribution >= 0.6 is 23.6 Å². The van der Waals surface area contributed by atoms with Crippen molar-refractivity contribution in [3.8, 4) is 0 Å². The molecular weight excluding hydrogens is 264 g/mol. The van der Waals surface area contributed by atoms with E-state index < -0.39 is 0 Å². The highest BCUT2D eigenvalue weighted by Crippen LogP contribution is 2.15. The number of aromatic nitrogens is 3. The van der Waals surface area contributed by atoms with Crippen LogP contribution in [-0.4, -0.2) is 21.4 Å². The van der Waals surface area contributed by atoms with Crippen LogP contribution in [0.25, 0.3) is 10.9 Å². The topological polar surface area (TPSA) is 53.9 Å². The number of aliphatic imine (C=N–C) groups is 1. The van der Waals surface area contributed by atoms with E-state index in [4.69, 9.17) is 12.2 Å². The minimum Gasteiger partial charge on any atom is -0.256 e. The highest BCUT2D eigenvalue weighted by molar-refractivity contribution is 7.73. The minimum absolute atomic E-state index is 0.606. The Labute approximate surface area is 112 Å². The SMILES string of the molecule is S=c1[nH]nc(/N=C/c2ccc3ccccc3n2)s1. The lowest BCUT2D eigenvalue weighted by Gasteiger charge is -1.97. The zero-order valence-corrected chi connectivity index (χ0v) is 10.8. The summed E-state index contributed by atoms with van der Waals surface area (Å²) in [5, 5.41) is 8.36. The quantitative estimate of drug-likeness (QED) is 0.574. The number of H-pyrrole nitrogens is 1. The summed E-state index contributed by atoms with van der Waals surface area (Å²) >= 11 is 6.27. The summed E-state index contributed by atoms with van der Waals surface area (Å²) in [6.07, 6.45) is 1.69. The van der Waals surface area contributed by atoms with Crippen molar-refractivity contribution in [1.29, 1.82) is 0 Å². The number of benzene rings is 1. The van der Waals surface area contributed by atoms with E-state index >= 15 is 0 Å². The van der Waals surface area contributed by atoms with Gasteiger partial charge in [-0.2, -0.15) is 0 Å². The van der Waals surface area contributed by atoms with Gasteiger partial charge in [0, 0.05) is 5.39 Å². The molecule has 6 heteroatoms. The Morgan fingerprint density at radius 1 is 1.22 bits per heavy atom. The van der Waals surface area contributed by atoms with Crippen LogP contribution in [0.3, 0.4) is 0 Å². The van der Waals surface area contributed by atoms with E-state index in [2.05, 4.69) is 20.2 Å². The highest BCUT2D eigenvalue weighted by atomic mass is 32.1. The molecule has 0 radical (unpaired) electrons. The molecule has 0 bridgehead atoms. The van der Waals surface area contributed by atoms with Crippen LogP contribution < -0.4 is 0 Å². The van der Waals surface area contributed by atoms with Crippen LogP contribution in [0.5, 0.6) is 0 Å². The number of para-hydroxylation sites is 1. The largest absolute Gasteiger partial charge is 0.256 e. The maximum atomic E-state index is 4.94. The maximum absolute atomic E-state index is 4.94. The molecule has 4 nitrogen and oxygen atoms in total. The van der Waals surface area contributed by atoms with Crippen LogP contribution in [0, 0.1) is 3.95 Å². The minimum atomic E-state index is 0.606. The van der Waals surface area contributed by atoms with Gasteiger partial charge in [0.05, 0.1) is 17.4 Å². The molecule has 0 aliphatic carbocycles. The van der Waals surface area contributed by atoms with Gasteiger partial charge in [0.25, 0.3) is 0 Å². The molecule has 3 aromatic rings. The van der Waals surface area contributed by atoms with Gasteiger partial charge in [-0.25, -0.2) is 9.98 Å². The normalized spacial score (nSPS) is 11.3. The van der Waals surface area contributed by atoms with Crippen molar-refractivity contribution in [2.24, 2.45) is 4.99 Å². The Kier molecular flexibility index (Phi) is 2.95. The highest BCUT2D eigenvalue weighted by Gasteiger charge is 1.96. The van der Waals surface area contributed by atoms with Crippen molar-refractivity contribution >= 4 is 45.8 Å². The molecule has 0 spiro atoms. The summed E-state index contributed by atoms with van der Waals surface area (Å²) in [5.41, 5.74) is 1.76. The molecule has 0 amide bonds. The Balaban J connectivity index is 1.95. The predicted octanol–water partition coefficient (Wildman–Crippen LogP) is 3.50. The van der Waals surface area contributed by atoms with Crippen LogP contribution in [0.4, 0.5) is 5.13 Å². The van der Waals surface area contributed by atoms with Gasteiger partial charge in [-0.15, -0.1) is 5.10 Å². The molecule has 0 saturated heterocycles.